The van der Waals surface area contributed by atoms with Crippen LogP contribution in [0.25, 0.3) is 0 Å². The van der Waals surface area contributed by atoms with Crippen molar-refractivity contribution in [1.82, 2.24) is 0 Å². The van der Waals surface area contributed by atoms with Gasteiger partial charge in [0.15, 0.2) is 9.84 Å². The van der Waals surface area contributed by atoms with Crippen LogP contribution in [0.1, 0.15) is 0 Å². The van der Waals surface area contributed by atoms with E-state index in [1.54, 1.807) is 35.7 Å². The first-order valence-electron chi connectivity index (χ1n) is 4.70. The van der Waals surface area contributed by atoms with Gasteiger partial charge in [0.2, 0.25) is 0 Å². The lowest BCUT2D eigenvalue weighted by Gasteiger charge is -2.02. The molecule has 88 valence electrons. The molecule has 0 saturated heterocycles. The van der Waals surface area contributed by atoms with Crippen molar-refractivity contribution < 1.29 is 8.42 Å². The summed E-state index contributed by atoms with van der Waals surface area (Å²) in [6.07, 6.45) is 3.58. The molecule has 0 N–H and O–H groups in total. The SMILES string of the molecule is C=CCSCCS(=O)(=O)CCSCC=C. The molecule has 15 heavy (non-hydrogen) atoms. The first-order chi connectivity index (χ1) is 7.12. The third-order valence-corrected chi connectivity index (χ3v) is 5.65. The predicted molar refractivity (Wildman–Crippen MR) is 73.7 cm³/mol. The normalized spacial score (nSPS) is 11.2. The van der Waals surface area contributed by atoms with Crippen LogP contribution in [-0.2, 0) is 9.84 Å². The fourth-order valence-electron chi connectivity index (χ4n) is 0.807. The maximum atomic E-state index is 11.5. The van der Waals surface area contributed by atoms with E-state index in [1.165, 1.54) is 0 Å². The number of rotatable bonds is 10. The third-order valence-electron chi connectivity index (χ3n) is 1.55. The highest BCUT2D eigenvalue weighted by Gasteiger charge is 2.09. The van der Waals surface area contributed by atoms with Gasteiger partial charge in [-0.15, -0.1) is 13.2 Å². The van der Waals surface area contributed by atoms with Gasteiger partial charge in [0.25, 0.3) is 0 Å². The lowest BCUT2D eigenvalue weighted by Crippen LogP contribution is -2.14. The van der Waals surface area contributed by atoms with Crippen LogP contribution in [0.2, 0.25) is 0 Å². The van der Waals surface area contributed by atoms with E-state index in [2.05, 4.69) is 13.2 Å². The zero-order valence-electron chi connectivity index (χ0n) is 8.85. The molecule has 0 heterocycles. The van der Waals surface area contributed by atoms with Crippen molar-refractivity contribution in [2.24, 2.45) is 0 Å². The molecule has 0 unspecified atom stereocenters. The van der Waals surface area contributed by atoms with Crippen LogP contribution in [0.3, 0.4) is 0 Å². The van der Waals surface area contributed by atoms with E-state index in [0.717, 1.165) is 11.5 Å². The summed E-state index contributed by atoms with van der Waals surface area (Å²) < 4.78 is 23.0. The second kappa shape index (κ2) is 9.36. The van der Waals surface area contributed by atoms with Gasteiger partial charge in [0.1, 0.15) is 0 Å². The molecule has 5 heteroatoms. The van der Waals surface area contributed by atoms with Crippen LogP contribution in [0.4, 0.5) is 0 Å². The minimum Gasteiger partial charge on any atom is -0.229 e. The Hall–Kier alpha value is 0.130. The van der Waals surface area contributed by atoms with Gasteiger partial charge in [-0.25, -0.2) is 8.42 Å². The Morgan fingerprint density at radius 3 is 1.67 bits per heavy atom. The molecule has 0 saturated carbocycles. The van der Waals surface area contributed by atoms with Gasteiger partial charge < -0.3 is 0 Å². The Balaban J connectivity index is 3.58. The maximum Gasteiger partial charge on any atom is 0.151 e. The lowest BCUT2D eigenvalue weighted by molar-refractivity contribution is 0.599. The quantitative estimate of drug-likeness (QED) is 0.448. The van der Waals surface area contributed by atoms with Crippen molar-refractivity contribution in [3.05, 3.63) is 25.3 Å². The molecule has 0 aromatic rings. The summed E-state index contributed by atoms with van der Waals surface area (Å²) in [5.41, 5.74) is 0. The summed E-state index contributed by atoms with van der Waals surface area (Å²) in [6, 6.07) is 0. The topological polar surface area (TPSA) is 34.1 Å². The molecule has 0 aromatic heterocycles. The number of hydrogen-bond acceptors (Lipinski definition) is 4. The van der Waals surface area contributed by atoms with Crippen molar-refractivity contribution >= 4 is 33.4 Å². The fourth-order valence-corrected chi connectivity index (χ4v) is 4.65. The van der Waals surface area contributed by atoms with Crippen molar-refractivity contribution in [2.75, 3.05) is 34.5 Å². The molecule has 2 nitrogen and oxygen atoms in total. The number of sulfone groups is 1. The second-order valence-electron chi connectivity index (χ2n) is 2.88. The van der Waals surface area contributed by atoms with Crippen LogP contribution in [-0.4, -0.2) is 42.9 Å². The molecule has 0 rings (SSSR count). The molecule has 0 aliphatic heterocycles. The van der Waals surface area contributed by atoms with Crippen LogP contribution in [0.5, 0.6) is 0 Å². The Morgan fingerprint density at radius 1 is 0.933 bits per heavy atom. The molecule has 0 aliphatic carbocycles. The molecular weight excluding hydrogens is 248 g/mol. The molecule has 0 aromatic carbocycles. The number of hydrogen-bond donors (Lipinski definition) is 0. The van der Waals surface area contributed by atoms with Gasteiger partial charge in [0, 0.05) is 23.0 Å². The van der Waals surface area contributed by atoms with E-state index in [-0.39, 0.29) is 11.5 Å². The fraction of sp³-hybridized carbons (Fsp3) is 0.600. The van der Waals surface area contributed by atoms with Gasteiger partial charge >= 0.3 is 0 Å². The van der Waals surface area contributed by atoms with E-state index < -0.39 is 9.84 Å². The average Bonchev–Trinajstić information content (AvgIpc) is 2.20. The summed E-state index contributed by atoms with van der Waals surface area (Å²) >= 11 is 3.21. The van der Waals surface area contributed by atoms with E-state index in [1.807, 2.05) is 0 Å². The minimum absolute atomic E-state index is 0.278. The zero-order chi connectivity index (χ0) is 11.6. The van der Waals surface area contributed by atoms with Crippen LogP contribution in [0.15, 0.2) is 25.3 Å². The predicted octanol–water partition coefficient (Wildman–Crippen LogP) is 2.24. The highest BCUT2D eigenvalue weighted by molar-refractivity contribution is 8.02. The highest BCUT2D eigenvalue weighted by Crippen LogP contribution is 2.06. The van der Waals surface area contributed by atoms with Crippen LogP contribution >= 0.6 is 23.5 Å². The van der Waals surface area contributed by atoms with E-state index >= 15 is 0 Å². The summed E-state index contributed by atoms with van der Waals surface area (Å²) in [4.78, 5) is 0. The Bertz CT molecular complexity index is 248. The average molecular weight is 266 g/mol. The van der Waals surface area contributed by atoms with Gasteiger partial charge in [0.05, 0.1) is 11.5 Å². The molecule has 0 spiro atoms. The monoisotopic (exact) mass is 266 g/mol. The zero-order valence-corrected chi connectivity index (χ0v) is 11.3. The van der Waals surface area contributed by atoms with Gasteiger partial charge in [-0.1, -0.05) is 12.2 Å². The van der Waals surface area contributed by atoms with E-state index in [9.17, 15) is 8.42 Å². The Morgan fingerprint density at radius 2 is 1.33 bits per heavy atom. The summed E-state index contributed by atoms with van der Waals surface area (Å²) in [6.45, 7) is 7.16. The minimum atomic E-state index is -2.85. The largest absolute Gasteiger partial charge is 0.229 e. The van der Waals surface area contributed by atoms with Crippen LogP contribution in [0, 0.1) is 0 Å². The Kier molecular flexibility index (Phi) is 9.44. The second-order valence-corrected chi connectivity index (χ2v) is 7.48. The first-order valence-corrected chi connectivity index (χ1v) is 8.83. The molecule has 0 radical (unpaired) electrons. The molecule has 0 fully saturated rings. The van der Waals surface area contributed by atoms with Crippen molar-refractivity contribution in [1.29, 1.82) is 0 Å². The lowest BCUT2D eigenvalue weighted by atomic mass is 10.8. The summed E-state index contributed by atoms with van der Waals surface area (Å²) in [5.74, 6) is 3.53. The highest BCUT2D eigenvalue weighted by atomic mass is 32.2. The third kappa shape index (κ3) is 10.4. The summed E-state index contributed by atoms with van der Waals surface area (Å²) in [5, 5.41) is 0. The molecular formula is C10H18O2S3. The van der Waals surface area contributed by atoms with Crippen LogP contribution < -0.4 is 0 Å². The molecule has 0 atom stereocenters. The van der Waals surface area contributed by atoms with Crippen molar-refractivity contribution in [3.63, 3.8) is 0 Å². The Labute approximate surface area is 102 Å². The molecule has 0 amide bonds. The molecule has 0 aliphatic rings. The van der Waals surface area contributed by atoms with Gasteiger partial charge in [-0.3, -0.25) is 0 Å². The molecule has 0 bridgehead atoms. The smallest absolute Gasteiger partial charge is 0.151 e. The van der Waals surface area contributed by atoms with E-state index in [0.29, 0.717) is 11.5 Å². The number of thioether (sulfide) groups is 2. The first kappa shape index (κ1) is 15.1. The standard InChI is InChI=1S/C10H18O2S3/c1-3-5-13-7-9-15(11,12)10-8-14-6-4-2/h3-4H,1-2,5-10H2. The maximum absolute atomic E-state index is 11.5. The van der Waals surface area contributed by atoms with Gasteiger partial charge in [-0.2, -0.15) is 23.5 Å². The van der Waals surface area contributed by atoms with Gasteiger partial charge in [-0.05, 0) is 0 Å². The summed E-state index contributed by atoms with van der Waals surface area (Å²) in [7, 11) is -2.85. The van der Waals surface area contributed by atoms with Crippen molar-refractivity contribution in [2.45, 2.75) is 0 Å². The van der Waals surface area contributed by atoms with Crippen molar-refractivity contribution in [3.8, 4) is 0 Å². The van der Waals surface area contributed by atoms with E-state index in [4.69, 9.17) is 0 Å².